The molecule has 1 aliphatic rings. The molecule has 2 unspecified atom stereocenters. The van der Waals surface area contributed by atoms with Gasteiger partial charge in [-0.2, -0.15) is 13.2 Å². The van der Waals surface area contributed by atoms with Crippen LogP contribution in [0.1, 0.15) is 36.8 Å². The van der Waals surface area contributed by atoms with Crippen LogP contribution in [0.3, 0.4) is 0 Å². The molecule has 0 spiro atoms. The number of anilines is 1. The number of para-hydroxylation sites is 1. The topological polar surface area (TPSA) is 114 Å². The molecule has 7 nitrogen and oxygen atoms in total. The van der Waals surface area contributed by atoms with Crippen molar-refractivity contribution in [1.29, 1.82) is 0 Å². The Hall–Kier alpha value is -3.76. The highest BCUT2D eigenvalue weighted by atomic mass is 19.4. The number of hydrogen-bond donors (Lipinski definition) is 3. The van der Waals surface area contributed by atoms with Gasteiger partial charge in [-0.15, -0.1) is 0 Å². The number of primary amides is 1. The minimum Gasteiger partial charge on any atom is -0.370 e. The molecule has 0 aromatic heterocycles. The molecule has 2 atom stereocenters. The average Bonchev–Trinajstić information content (AvgIpc) is 2.90. The molecule has 0 saturated carbocycles. The van der Waals surface area contributed by atoms with Gasteiger partial charge in [-0.05, 0) is 18.9 Å². The lowest BCUT2D eigenvalue weighted by Gasteiger charge is -2.19. The van der Waals surface area contributed by atoms with Gasteiger partial charge in [-0.25, -0.2) is 9.38 Å². The second-order valence-electron chi connectivity index (χ2n) is 7.78. The quantitative estimate of drug-likeness (QED) is 0.506. The van der Waals surface area contributed by atoms with Crippen LogP contribution in [-0.4, -0.2) is 35.8 Å². The maximum absolute atomic E-state index is 14.5. The lowest BCUT2D eigenvalue weighted by molar-refractivity contribution is -0.138. The Bertz CT molecular complexity index is 1100. The van der Waals surface area contributed by atoms with E-state index in [1.165, 1.54) is 6.07 Å². The summed E-state index contributed by atoms with van der Waals surface area (Å²) < 4.78 is 52.0. The fraction of sp³-hybridized carbons (Fsp3) is 0.304. The minimum absolute atomic E-state index is 0.120. The summed E-state index contributed by atoms with van der Waals surface area (Å²) in [4.78, 5) is 41.3. The van der Waals surface area contributed by atoms with Crippen molar-refractivity contribution >= 4 is 29.1 Å². The Morgan fingerprint density at radius 1 is 1.12 bits per heavy atom. The predicted molar refractivity (Wildman–Crippen MR) is 116 cm³/mol. The van der Waals surface area contributed by atoms with E-state index >= 15 is 0 Å². The number of benzene rings is 2. The standard InChI is InChI=1S/C23H22F4N4O3/c24-16-10-4-9-15-18(13-6-2-1-3-7-13)29-20(22(34)30-19(15)16)31-21(33)14(12-17(28)32)8-5-11-23(25,26)27/h1-4,6-7,9-10,14,20H,5,8,11-12H2,(H2,28,32)(H,30,34)(H,31,33). The number of carbonyl (C=O) groups is 3. The number of carbonyl (C=O) groups excluding carboxylic acids is 3. The molecule has 1 aliphatic heterocycles. The van der Waals surface area contributed by atoms with E-state index in [1.807, 2.05) is 0 Å². The van der Waals surface area contributed by atoms with Gasteiger partial charge in [-0.3, -0.25) is 14.4 Å². The molecule has 180 valence electrons. The van der Waals surface area contributed by atoms with Crippen molar-refractivity contribution < 1.29 is 31.9 Å². The first-order valence-corrected chi connectivity index (χ1v) is 10.4. The number of nitrogens with two attached hydrogens (primary N) is 1. The van der Waals surface area contributed by atoms with Gasteiger partial charge in [0.15, 0.2) is 0 Å². The van der Waals surface area contributed by atoms with E-state index < -0.39 is 61.1 Å². The van der Waals surface area contributed by atoms with Crippen LogP contribution in [0, 0.1) is 11.7 Å². The average molecular weight is 478 g/mol. The molecule has 4 N–H and O–H groups in total. The molecule has 0 saturated heterocycles. The van der Waals surface area contributed by atoms with E-state index in [0.29, 0.717) is 5.56 Å². The van der Waals surface area contributed by atoms with Crippen LogP contribution in [0.5, 0.6) is 0 Å². The van der Waals surface area contributed by atoms with Crippen molar-refractivity contribution in [2.45, 2.75) is 38.0 Å². The molecule has 11 heteroatoms. The first-order valence-electron chi connectivity index (χ1n) is 10.4. The first kappa shape index (κ1) is 24.9. The molecule has 2 aromatic rings. The number of halogens is 4. The summed E-state index contributed by atoms with van der Waals surface area (Å²) >= 11 is 0. The van der Waals surface area contributed by atoms with Crippen molar-refractivity contribution in [2.24, 2.45) is 16.6 Å². The number of alkyl halides is 3. The Morgan fingerprint density at radius 3 is 2.47 bits per heavy atom. The van der Waals surface area contributed by atoms with Gasteiger partial charge in [-0.1, -0.05) is 42.5 Å². The number of aliphatic imine (C=N–C) groups is 1. The number of benzodiazepines with no additional fused rings is 1. The summed E-state index contributed by atoms with van der Waals surface area (Å²) in [5, 5.41) is 4.77. The monoisotopic (exact) mass is 478 g/mol. The molecule has 0 radical (unpaired) electrons. The molecular formula is C23H22F4N4O3. The van der Waals surface area contributed by atoms with Crippen molar-refractivity contribution in [1.82, 2.24) is 5.32 Å². The molecule has 0 aliphatic carbocycles. The highest BCUT2D eigenvalue weighted by Crippen LogP contribution is 2.27. The fourth-order valence-electron chi connectivity index (χ4n) is 3.59. The number of rotatable bonds is 8. The van der Waals surface area contributed by atoms with Gasteiger partial charge < -0.3 is 16.4 Å². The van der Waals surface area contributed by atoms with E-state index in [-0.39, 0.29) is 23.4 Å². The molecule has 3 amide bonds. The van der Waals surface area contributed by atoms with Crippen LogP contribution in [-0.2, 0) is 14.4 Å². The molecule has 34 heavy (non-hydrogen) atoms. The van der Waals surface area contributed by atoms with Crippen LogP contribution in [0.4, 0.5) is 23.2 Å². The minimum atomic E-state index is -4.42. The molecule has 2 aromatic carbocycles. The van der Waals surface area contributed by atoms with E-state index in [9.17, 15) is 31.9 Å². The fourth-order valence-corrected chi connectivity index (χ4v) is 3.59. The summed E-state index contributed by atoms with van der Waals surface area (Å²) in [6.07, 6.45) is -8.24. The normalized spacial score (nSPS) is 16.5. The van der Waals surface area contributed by atoms with Crippen molar-refractivity contribution in [3.05, 3.63) is 65.5 Å². The Morgan fingerprint density at radius 2 is 1.82 bits per heavy atom. The Labute approximate surface area is 192 Å². The first-order chi connectivity index (χ1) is 16.0. The van der Waals surface area contributed by atoms with E-state index in [1.54, 1.807) is 36.4 Å². The number of fused-ring (bicyclic) bond motifs is 1. The van der Waals surface area contributed by atoms with Crippen molar-refractivity contribution in [2.75, 3.05) is 5.32 Å². The third-order valence-corrected chi connectivity index (χ3v) is 5.18. The Balaban J connectivity index is 1.90. The Kier molecular flexibility index (Phi) is 7.64. The molecular weight excluding hydrogens is 456 g/mol. The maximum Gasteiger partial charge on any atom is 0.389 e. The summed E-state index contributed by atoms with van der Waals surface area (Å²) in [6.45, 7) is 0. The smallest absolute Gasteiger partial charge is 0.370 e. The number of nitrogens with zero attached hydrogens (tertiary/aromatic N) is 1. The number of amides is 3. The molecule has 0 bridgehead atoms. The van der Waals surface area contributed by atoms with Crippen LogP contribution in [0.25, 0.3) is 0 Å². The zero-order chi connectivity index (χ0) is 24.9. The summed E-state index contributed by atoms with van der Waals surface area (Å²) in [5.41, 5.74) is 6.09. The lowest BCUT2D eigenvalue weighted by atomic mass is 9.96. The molecule has 1 heterocycles. The van der Waals surface area contributed by atoms with Crippen molar-refractivity contribution in [3.8, 4) is 0 Å². The molecule has 3 rings (SSSR count). The number of hydrogen-bond acceptors (Lipinski definition) is 4. The van der Waals surface area contributed by atoms with Gasteiger partial charge >= 0.3 is 6.18 Å². The van der Waals surface area contributed by atoms with Gasteiger partial charge in [0.1, 0.15) is 5.82 Å². The largest absolute Gasteiger partial charge is 0.389 e. The highest BCUT2D eigenvalue weighted by molar-refractivity contribution is 6.19. The third-order valence-electron chi connectivity index (χ3n) is 5.18. The van der Waals surface area contributed by atoms with Gasteiger partial charge in [0.25, 0.3) is 5.91 Å². The van der Waals surface area contributed by atoms with E-state index in [4.69, 9.17) is 5.73 Å². The van der Waals surface area contributed by atoms with Gasteiger partial charge in [0.05, 0.1) is 11.4 Å². The van der Waals surface area contributed by atoms with Gasteiger partial charge in [0, 0.05) is 29.9 Å². The number of nitrogens with one attached hydrogen (secondary N) is 2. The summed E-state index contributed by atoms with van der Waals surface area (Å²) in [7, 11) is 0. The van der Waals surface area contributed by atoms with Gasteiger partial charge in [0.2, 0.25) is 18.0 Å². The molecule has 0 fully saturated rings. The zero-order valence-electron chi connectivity index (χ0n) is 17.9. The van der Waals surface area contributed by atoms with E-state index in [0.717, 1.165) is 6.07 Å². The predicted octanol–water partition coefficient (Wildman–Crippen LogP) is 3.28. The maximum atomic E-state index is 14.5. The van der Waals surface area contributed by atoms with Crippen molar-refractivity contribution in [3.63, 3.8) is 0 Å². The second kappa shape index (κ2) is 10.4. The third kappa shape index (κ3) is 6.40. The SMILES string of the molecule is NC(=O)CC(CCCC(F)(F)F)C(=O)NC1N=C(c2ccccc2)c2cccc(F)c2NC1=O. The second-order valence-corrected chi connectivity index (χ2v) is 7.78. The summed E-state index contributed by atoms with van der Waals surface area (Å²) in [6, 6.07) is 12.7. The van der Waals surface area contributed by atoms with Crippen LogP contribution in [0.15, 0.2) is 53.5 Å². The van der Waals surface area contributed by atoms with E-state index in [2.05, 4.69) is 15.6 Å². The van der Waals surface area contributed by atoms with Crippen LogP contribution in [0.2, 0.25) is 0 Å². The summed E-state index contributed by atoms with van der Waals surface area (Å²) in [5.74, 6) is -4.48. The lowest BCUT2D eigenvalue weighted by Crippen LogP contribution is -2.45. The zero-order valence-corrected chi connectivity index (χ0v) is 17.9. The van der Waals surface area contributed by atoms with Crippen LogP contribution >= 0.6 is 0 Å². The highest BCUT2D eigenvalue weighted by Gasteiger charge is 2.32. The van der Waals surface area contributed by atoms with Crippen LogP contribution < -0.4 is 16.4 Å².